The highest BCUT2D eigenvalue weighted by Crippen LogP contribution is 2.34. The van der Waals surface area contributed by atoms with E-state index in [9.17, 15) is 18.0 Å². The van der Waals surface area contributed by atoms with Gasteiger partial charge in [0.15, 0.2) is 0 Å². The van der Waals surface area contributed by atoms with Gasteiger partial charge in [-0.3, -0.25) is 4.90 Å². The summed E-state index contributed by atoms with van der Waals surface area (Å²) in [7, 11) is 5.72. The topological polar surface area (TPSA) is 86.5 Å². The molecule has 11 heteroatoms. The number of amides is 2. The molecular weight excluding hydrogens is 407 g/mol. The van der Waals surface area contributed by atoms with E-state index in [-0.39, 0.29) is 12.1 Å². The fraction of sp³-hybridized carbons (Fsp3) is 0.684. The lowest BCUT2D eigenvalue weighted by Gasteiger charge is -2.37. The maximum Gasteiger partial charge on any atom is 0.490 e. The number of halogens is 3. The monoisotopic (exact) mass is 435 g/mol. The zero-order chi connectivity index (χ0) is 22.5. The molecular formula is C19H28F3N3O5. The second kappa shape index (κ2) is 10.2. The van der Waals surface area contributed by atoms with Gasteiger partial charge in [0.05, 0.1) is 25.5 Å². The zero-order valence-electron chi connectivity index (χ0n) is 17.3. The van der Waals surface area contributed by atoms with Crippen molar-refractivity contribution in [3.05, 3.63) is 24.2 Å². The highest BCUT2D eigenvalue weighted by Gasteiger charge is 2.42. The predicted octanol–water partition coefficient (Wildman–Crippen LogP) is 2.36. The van der Waals surface area contributed by atoms with Gasteiger partial charge in [0.25, 0.3) is 0 Å². The van der Waals surface area contributed by atoms with E-state index in [4.69, 9.17) is 19.1 Å². The Hall–Kier alpha value is -2.27. The molecule has 2 fully saturated rings. The standard InChI is InChI=1S/C17H27N3O3.C2HF3O2/c1-18(2)17(21)20-7-6-13-12-23-16(15(13)10-20)11-19(3)9-14-5-4-8-22-14;3-2(4,5)1(6)7/h4-5,8,13,15-16H,6-7,9-12H2,1-3H3;(H,6,7)/t13-,15-,16+;/m0./s1. The van der Waals surface area contributed by atoms with Gasteiger partial charge >= 0.3 is 18.2 Å². The van der Waals surface area contributed by atoms with E-state index >= 15 is 0 Å². The third kappa shape index (κ3) is 6.63. The number of furan rings is 1. The number of hydrogen-bond acceptors (Lipinski definition) is 5. The Balaban J connectivity index is 0.000000396. The van der Waals surface area contributed by atoms with Crippen molar-refractivity contribution >= 4 is 12.0 Å². The third-order valence-electron chi connectivity index (χ3n) is 5.20. The van der Waals surface area contributed by atoms with Crippen molar-refractivity contribution in [2.24, 2.45) is 11.8 Å². The Morgan fingerprint density at radius 2 is 1.97 bits per heavy atom. The molecule has 0 aliphatic carbocycles. The van der Waals surface area contributed by atoms with Crippen molar-refractivity contribution < 1.29 is 37.0 Å². The van der Waals surface area contributed by atoms with Crippen LogP contribution in [0.1, 0.15) is 12.2 Å². The van der Waals surface area contributed by atoms with Gasteiger partial charge in [-0.1, -0.05) is 0 Å². The van der Waals surface area contributed by atoms with Crippen LogP contribution in [0.15, 0.2) is 22.8 Å². The van der Waals surface area contributed by atoms with Crippen molar-refractivity contribution in [2.75, 3.05) is 47.4 Å². The molecule has 0 spiro atoms. The number of aliphatic carboxylic acids is 1. The van der Waals surface area contributed by atoms with Crippen LogP contribution < -0.4 is 0 Å². The second-order valence-corrected chi connectivity index (χ2v) is 7.79. The molecule has 2 aliphatic rings. The summed E-state index contributed by atoms with van der Waals surface area (Å²) >= 11 is 0. The van der Waals surface area contributed by atoms with E-state index < -0.39 is 12.1 Å². The van der Waals surface area contributed by atoms with Gasteiger partial charge in [-0.2, -0.15) is 13.2 Å². The number of alkyl halides is 3. The third-order valence-corrected chi connectivity index (χ3v) is 5.20. The number of fused-ring (bicyclic) bond motifs is 1. The summed E-state index contributed by atoms with van der Waals surface area (Å²) in [5.74, 6) is -0.766. The van der Waals surface area contributed by atoms with Crippen LogP contribution in [0.3, 0.4) is 0 Å². The van der Waals surface area contributed by atoms with Crippen molar-refractivity contribution in [2.45, 2.75) is 25.2 Å². The van der Waals surface area contributed by atoms with Gasteiger partial charge in [-0.15, -0.1) is 0 Å². The van der Waals surface area contributed by atoms with Crippen molar-refractivity contribution in [3.8, 4) is 0 Å². The summed E-state index contributed by atoms with van der Waals surface area (Å²) in [5.41, 5.74) is 0. The number of ether oxygens (including phenoxy) is 1. The number of urea groups is 1. The van der Waals surface area contributed by atoms with Crippen LogP contribution in [-0.2, 0) is 16.1 Å². The largest absolute Gasteiger partial charge is 0.490 e. The smallest absolute Gasteiger partial charge is 0.475 e. The molecule has 2 saturated heterocycles. The van der Waals surface area contributed by atoms with E-state index in [1.165, 1.54) is 0 Å². The Kier molecular flexibility index (Phi) is 8.13. The molecule has 30 heavy (non-hydrogen) atoms. The molecule has 0 radical (unpaired) electrons. The number of piperidine rings is 1. The second-order valence-electron chi connectivity index (χ2n) is 7.79. The molecule has 8 nitrogen and oxygen atoms in total. The summed E-state index contributed by atoms with van der Waals surface area (Å²) in [5, 5.41) is 7.12. The molecule has 1 aromatic rings. The molecule has 3 rings (SSSR count). The Bertz CT molecular complexity index is 696. The zero-order valence-corrected chi connectivity index (χ0v) is 17.3. The Morgan fingerprint density at radius 1 is 1.30 bits per heavy atom. The molecule has 170 valence electrons. The first kappa shape index (κ1) is 24.0. The number of carbonyl (C=O) groups is 2. The molecule has 1 N–H and O–H groups in total. The van der Waals surface area contributed by atoms with E-state index in [2.05, 4.69) is 11.9 Å². The fourth-order valence-corrected chi connectivity index (χ4v) is 3.71. The van der Waals surface area contributed by atoms with E-state index in [1.54, 1.807) is 11.2 Å². The lowest BCUT2D eigenvalue weighted by Crippen LogP contribution is -2.49. The number of likely N-dealkylation sites (N-methyl/N-ethyl adjacent to an activating group) is 1. The Labute approximate surface area is 173 Å². The predicted molar refractivity (Wildman–Crippen MR) is 101 cm³/mol. The highest BCUT2D eigenvalue weighted by atomic mass is 19.4. The van der Waals surface area contributed by atoms with Crippen molar-refractivity contribution in [1.82, 2.24) is 14.7 Å². The van der Waals surface area contributed by atoms with Gasteiger partial charge in [-0.25, -0.2) is 9.59 Å². The van der Waals surface area contributed by atoms with E-state index in [0.29, 0.717) is 11.8 Å². The average molecular weight is 435 g/mol. The quantitative estimate of drug-likeness (QED) is 0.782. The van der Waals surface area contributed by atoms with Crippen molar-refractivity contribution in [1.29, 1.82) is 0 Å². The number of carbonyl (C=O) groups excluding carboxylic acids is 1. The van der Waals surface area contributed by atoms with Crippen LogP contribution in [0.2, 0.25) is 0 Å². The van der Waals surface area contributed by atoms with Crippen LogP contribution >= 0.6 is 0 Å². The van der Waals surface area contributed by atoms with Crippen LogP contribution in [0.25, 0.3) is 0 Å². The maximum atomic E-state index is 12.2. The molecule has 2 aliphatic heterocycles. The molecule has 3 heterocycles. The van der Waals surface area contributed by atoms with Gasteiger partial charge in [0.1, 0.15) is 5.76 Å². The molecule has 3 atom stereocenters. The molecule has 0 bridgehead atoms. The summed E-state index contributed by atoms with van der Waals surface area (Å²) in [6.45, 7) is 4.13. The van der Waals surface area contributed by atoms with E-state index in [0.717, 1.165) is 45.0 Å². The fourth-order valence-electron chi connectivity index (χ4n) is 3.71. The number of carboxylic acids is 1. The van der Waals surface area contributed by atoms with Gasteiger partial charge in [0, 0.05) is 39.6 Å². The number of carboxylic acid groups (broad SMARTS) is 1. The molecule has 2 amide bonds. The Morgan fingerprint density at radius 3 is 2.50 bits per heavy atom. The number of likely N-dealkylation sites (tertiary alicyclic amines) is 1. The van der Waals surface area contributed by atoms with Crippen LogP contribution in [-0.4, -0.2) is 91.5 Å². The lowest BCUT2D eigenvalue weighted by atomic mass is 9.84. The number of rotatable bonds is 4. The van der Waals surface area contributed by atoms with Crippen LogP contribution in [0.5, 0.6) is 0 Å². The van der Waals surface area contributed by atoms with E-state index in [1.807, 2.05) is 31.1 Å². The normalized spacial score (nSPS) is 23.6. The summed E-state index contributed by atoms with van der Waals surface area (Å²) < 4.78 is 43.2. The first-order valence-corrected chi connectivity index (χ1v) is 9.58. The van der Waals surface area contributed by atoms with Gasteiger partial charge in [0.2, 0.25) is 0 Å². The number of hydrogen-bond donors (Lipinski definition) is 1. The minimum Gasteiger partial charge on any atom is -0.475 e. The molecule has 1 aromatic heterocycles. The summed E-state index contributed by atoms with van der Waals surface area (Å²) in [4.78, 5) is 27.0. The van der Waals surface area contributed by atoms with Crippen molar-refractivity contribution in [3.63, 3.8) is 0 Å². The van der Waals surface area contributed by atoms with Gasteiger partial charge in [-0.05, 0) is 31.5 Å². The summed E-state index contributed by atoms with van der Waals surface area (Å²) in [6.07, 6.45) is -2.14. The SMILES string of the molecule is CN(Cc1ccco1)C[C@H]1OC[C@@H]2CCN(C(=O)N(C)C)C[C@@H]21.O=C(O)C(F)(F)F. The summed E-state index contributed by atoms with van der Waals surface area (Å²) in [6, 6.07) is 4.02. The van der Waals surface area contributed by atoms with Crippen LogP contribution in [0.4, 0.5) is 18.0 Å². The minimum absolute atomic E-state index is 0.109. The number of nitrogens with zero attached hydrogens (tertiary/aromatic N) is 3. The van der Waals surface area contributed by atoms with Gasteiger partial charge < -0.3 is 24.1 Å². The maximum absolute atomic E-state index is 12.2. The first-order valence-electron chi connectivity index (χ1n) is 9.58. The minimum atomic E-state index is -5.08. The lowest BCUT2D eigenvalue weighted by molar-refractivity contribution is -0.192. The first-order chi connectivity index (χ1) is 14.0. The molecule has 0 saturated carbocycles. The highest BCUT2D eigenvalue weighted by molar-refractivity contribution is 5.74. The van der Waals surface area contributed by atoms with Crippen LogP contribution in [0, 0.1) is 11.8 Å². The molecule has 0 unspecified atom stereocenters. The molecule has 0 aromatic carbocycles. The average Bonchev–Trinajstić information content (AvgIpc) is 3.30.